The van der Waals surface area contributed by atoms with Crippen LogP contribution in [0.1, 0.15) is 27.2 Å². The Morgan fingerprint density at radius 1 is 1.47 bits per heavy atom. The fraction of sp³-hybridized carbons (Fsp3) is 0.917. The van der Waals surface area contributed by atoms with E-state index in [0.29, 0.717) is 13.0 Å². The van der Waals surface area contributed by atoms with Crippen molar-refractivity contribution in [2.24, 2.45) is 5.73 Å². The van der Waals surface area contributed by atoms with E-state index in [1.54, 1.807) is 14.0 Å². The number of rotatable bonds is 8. The van der Waals surface area contributed by atoms with Crippen molar-refractivity contribution in [2.45, 2.75) is 38.8 Å². The maximum atomic E-state index is 11.5. The molecule has 2 N–H and O–H groups in total. The largest absolute Gasteiger partial charge is 0.468 e. The van der Waals surface area contributed by atoms with Gasteiger partial charge in [-0.05, 0) is 26.8 Å². The number of hydrogen-bond acceptors (Lipinski definition) is 5. The summed E-state index contributed by atoms with van der Waals surface area (Å²) < 4.78 is 9.76. The zero-order valence-corrected chi connectivity index (χ0v) is 11.7. The number of carbonyl (C=O) groups is 1. The van der Waals surface area contributed by atoms with Crippen molar-refractivity contribution in [1.29, 1.82) is 0 Å². The van der Waals surface area contributed by atoms with E-state index < -0.39 is 5.54 Å². The van der Waals surface area contributed by atoms with Gasteiger partial charge in [0.05, 0.1) is 13.7 Å². The third-order valence-corrected chi connectivity index (χ3v) is 2.98. The molecule has 0 aromatic carbocycles. The van der Waals surface area contributed by atoms with Crippen molar-refractivity contribution in [3.8, 4) is 0 Å². The molecule has 0 spiro atoms. The number of methoxy groups -OCH3 is 2. The second kappa shape index (κ2) is 7.63. The summed E-state index contributed by atoms with van der Waals surface area (Å²) in [5, 5.41) is 0. The highest BCUT2D eigenvalue weighted by atomic mass is 16.5. The minimum atomic E-state index is -0.936. The summed E-state index contributed by atoms with van der Waals surface area (Å²) >= 11 is 0. The van der Waals surface area contributed by atoms with Crippen LogP contribution in [-0.4, -0.2) is 56.4 Å². The topological polar surface area (TPSA) is 64.8 Å². The second-order valence-electron chi connectivity index (χ2n) is 4.58. The number of nitrogens with zero attached hydrogens (tertiary/aromatic N) is 1. The van der Waals surface area contributed by atoms with Crippen molar-refractivity contribution in [3.63, 3.8) is 0 Å². The molecule has 0 fully saturated rings. The van der Waals surface area contributed by atoms with Gasteiger partial charge in [0.25, 0.3) is 0 Å². The van der Waals surface area contributed by atoms with Crippen molar-refractivity contribution < 1.29 is 14.3 Å². The molecule has 0 radical (unpaired) electrons. The van der Waals surface area contributed by atoms with E-state index in [0.717, 1.165) is 13.1 Å². The van der Waals surface area contributed by atoms with Gasteiger partial charge in [0.2, 0.25) is 0 Å². The molecule has 0 heterocycles. The Hall–Kier alpha value is -0.650. The Labute approximate surface area is 104 Å². The van der Waals surface area contributed by atoms with Gasteiger partial charge in [0.15, 0.2) is 0 Å². The zero-order valence-electron chi connectivity index (χ0n) is 11.7. The summed E-state index contributed by atoms with van der Waals surface area (Å²) in [7, 11) is 3.04. The molecule has 5 heteroatoms. The maximum Gasteiger partial charge on any atom is 0.325 e. The van der Waals surface area contributed by atoms with Gasteiger partial charge in [-0.1, -0.05) is 6.92 Å². The first kappa shape index (κ1) is 16.4. The van der Waals surface area contributed by atoms with Crippen LogP contribution in [0.5, 0.6) is 0 Å². The molecule has 5 nitrogen and oxygen atoms in total. The lowest BCUT2D eigenvalue weighted by Crippen LogP contribution is -2.51. The van der Waals surface area contributed by atoms with Crippen LogP contribution >= 0.6 is 0 Å². The molecule has 0 rings (SSSR count). The quantitative estimate of drug-likeness (QED) is 0.636. The molecule has 0 aromatic rings. The predicted molar refractivity (Wildman–Crippen MR) is 67.8 cm³/mol. The molecule has 0 aromatic heterocycles. The standard InChI is InChI=1S/C12H26N2O3/c1-6-14(7-8-16-4)10(2)9-12(3,13)11(15)17-5/h10H,6-9,13H2,1-5H3. The molecule has 0 bridgehead atoms. The summed E-state index contributed by atoms with van der Waals surface area (Å²) in [6.07, 6.45) is 0.567. The minimum Gasteiger partial charge on any atom is -0.468 e. The lowest BCUT2D eigenvalue weighted by Gasteiger charge is -2.32. The molecule has 0 aliphatic rings. The van der Waals surface area contributed by atoms with Gasteiger partial charge in [-0.25, -0.2) is 0 Å². The first-order valence-corrected chi connectivity index (χ1v) is 5.99. The Morgan fingerprint density at radius 2 is 2.06 bits per heavy atom. The van der Waals surface area contributed by atoms with Crippen LogP contribution < -0.4 is 5.73 Å². The lowest BCUT2D eigenvalue weighted by molar-refractivity contribution is -0.147. The van der Waals surface area contributed by atoms with Crippen LogP contribution in [0.3, 0.4) is 0 Å². The van der Waals surface area contributed by atoms with Gasteiger partial charge in [0.1, 0.15) is 5.54 Å². The van der Waals surface area contributed by atoms with E-state index >= 15 is 0 Å². The summed E-state index contributed by atoms with van der Waals surface area (Å²) in [5.41, 5.74) is 5.02. The summed E-state index contributed by atoms with van der Waals surface area (Å²) in [4.78, 5) is 13.7. The van der Waals surface area contributed by atoms with Gasteiger partial charge in [0, 0.05) is 19.7 Å². The van der Waals surface area contributed by atoms with Crippen molar-refractivity contribution in [3.05, 3.63) is 0 Å². The van der Waals surface area contributed by atoms with Crippen LogP contribution in [0.4, 0.5) is 0 Å². The van der Waals surface area contributed by atoms with Crippen molar-refractivity contribution >= 4 is 5.97 Å². The Morgan fingerprint density at radius 3 is 2.47 bits per heavy atom. The number of likely N-dealkylation sites (N-methyl/N-ethyl adjacent to an activating group) is 1. The van der Waals surface area contributed by atoms with E-state index in [1.165, 1.54) is 7.11 Å². The minimum absolute atomic E-state index is 0.212. The molecule has 2 atom stereocenters. The highest BCUT2D eigenvalue weighted by molar-refractivity contribution is 5.79. The molecule has 0 saturated heterocycles. The maximum absolute atomic E-state index is 11.5. The van der Waals surface area contributed by atoms with Crippen molar-refractivity contribution in [1.82, 2.24) is 4.90 Å². The number of ether oxygens (including phenoxy) is 2. The molecular weight excluding hydrogens is 220 g/mol. The summed E-state index contributed by atoms with van der Waals surface area (Å²) in [6.45, 7) is 8.27. The number of nitrogens with two attached hydrogens (primary N) is 1. The molecule has 0 saturated carbocycles. The monoisotopic (exact) mass is 246 g/mol. The average Bonchev–Trinajstić information content (AvgIpc) is 2.28. The number of carbonyl (C=O) groups excluding carboxylic acids is 1. The lowest BCUT2D eigenvalue weighted by atomic mass is 9.94. The fourth-order valence-electron chi connectivity index (χ4n) is 1.96. The van der Waals surface area contributed by atoms with E-state index in [4.69, 9.17) is 15.2 Å². The molecule has 17 heavy (non-hydrogen) atoms. The van der Waals surface area contributed by atoms with Crippen molar-refractivity contribution in [2.75, 3.05) is 33.9 Å². The van der Waals surface area contributed by atoms with E-state index in [2.05, 4.69) is 18.7 Å². The molecule has 0 aliphatic carbocycles. The predicted octanol–water partition coefficient (Wildman–Crippen LogP) is 0.624. The van der Waals surface area contributed by atoms with E-state index in [1.807, 2.05) is 0 Å². The first-order valence-electron chi connectivity index (χ1n) is 5.99. The SMILES string of the molecule is CCN(CCOC)C(C)CC(C)(N)C(=O)OC. The Kier molecular flexibility index (Phi) is 7.34. The third kappa shape index (κ3) is 5.48. The summed E-state index contributed by atoms with van der Waals surface area (Å²) in [5.74, 6) is -0.368. The molecule has 102 valence electrons. The molecule has 0 amide bonds. The smallest absolute Gasteiger partial charge is 0.325 e. The Bertz CT molecular complexity index is 232. The van der Waals surface area contributed by atoms with Gasteiger partial charge in [-0.15, -0.1) is 0 Å². The molecular formula is C12H26N2O3. The summed E-state index contributed by atoms with van der Waals surface area (Å²) in [6, 6.07) is 0.212. The second-order valence-corrected chi connectivity index (χ2v) is 4.58. The zero-order chi connectivity index (χ0) is 13.5. The van der Waals surface area contributed by atoms with Gasteiger partial charge in [-0.3, -0.25) is 9.69 Å². The van der Waals surface area contributed by atoms with Crippen LogP contribution in [-0.2, 0) is 14.3 Å². The first-order chi connectivity index (χ1) is 7.88. The number of esters is 1. The molecule has 0 aliphatic heterocycles. The molecule has 2 unspecified atom stereocenters. The normalized spacial score (nSPS) is 16.6. The highest BCUT2D eigenvalue weighted by Gasteiger charge is 2.32. The van der Waals surface area contributed by atoms with Gasteiger partial charge in [-0.2, -0.15) is 0 Å². The third-order valence-electron chi connectivity index (χ3n) is 2.98. The van der Waals surface area contributed by atoms with Crippen LogP contribution in [0.2, 0.25) is 0 Å². The Balaban J connectivity index is 4.38. The van der Waals surface area contributed by atoms with Crippen LogP contribution in [0.25, 0.3) is 0 Å². The van der Waals surface area contributed by atoms with Gasteiger partial charge >= 0.3 is 5.97 Å². The van der Waals surface area contributed by atoms with Gasteiger partial charge < -0.3 is 15.2 Å². The van der Waals surface area contributed by atoms with E-state index in [9.17, 15) is 4.79 Å². The number of hydrogen-bond donors (Lipinski definition) is 1. The highest BCUT2D eigenvalue weighted by Crippen LogP contribution is 2.15. The van der Waals surface area contributed by atoms with Crippen LogP contribution in [0, 0.1) is 0 Å². The average molecular weight is 246 g/mol. The fourth-order valence-corrected chi connectivity index (χ4v) is 1.96. The van der Waals surface area contributed by atoms with E-state index in [-0.39, 0.29) is 12.0 Å². The van der Waals surface area contributed by atoms with Crippen LogP contribution in [0.15, 0.2) is 0 Å².